The van der Waals surface area contributed by atoms with Gasteiger partial charge >= 0.3 is 0 Å². The third-order valence-electron chi connectivity index (χ3n) is 3.44. The summed E-state index contributed by atoms with van der Waals surface area (Å²) in [6, 6.07) is 0.720. The van der Waals surface area contributed by atoms with Crippen molar-refractivity contribution in [2.75, 3.05) is 6.54 Å². The second-order valence-corrected chi connectivity index (χ2v) is 4.77. The van der Waals surface area contributed by atoms with E-state index in [0.717, 1.165) is 19.0 Å². The topological polar surface area (TPSA) is 29.1 Å². The van der Waals surface area contributed by atoms with E-state index < -0.39 is 0 Å². The van der Waals surface area contributed by atoms with Gasteiger partial charge in [-0.3, -0.25) is 4.79 Å². The van der Waals surface area contributed by atoms with Gasteiger partial charge in [0.1, 0.15) is 5.78 Å². The van der Waals surface area contributed by atoms with Crippen molar-refractivity contribution in [1.29, 1.82) is 0 Å². The fourth-order valence-corrected chi connectivity index (χ4v) is 2.39. The van der Waals surface area contributed by atoms with E-state index in [9.17, 15) is 4.79 Å². The maximum atomic E-state index is 11.3. The monoisotopic (exact) mass is 213 g/mol. The van der Waals surface area contributed by atoms with E-state index in [2.05, 4.69) is 12.2 Å². The Balaban J connectivity index is 0.00000225. The van der Waals surface area contributed by atoms with Crippen LogP contribution in [-0.2, 0) is 4.79 Å². The average Bonchev–Trinajstić information content (AvgIpc) is 2.28. The van der Waals surface area contributed by atoms with E-state index in [1.807, 2.05) is 6.92 Å². The molecule has 0 aliphatic heterocycles. The van der Waals surface area contributed by atoms with Crippen LogP contribution in [0.2, 0.25) is 0 Å². The molecule has 0 heterocycles. The lowest BCUT2D eigenvalue weighted by Crippen LogP contribution is -2.34. The second-order valence-electron chi connectivity index (χ2n) is 4.77. The lowest BCUT2D eigenvalue weighted by molar-refractivity contribution is -0.119. The summed E-state index contributed by atoms with van der Waals surface area (Å²) in [4.78, 5) is 11.3. The first-order valence-corrected chi connectivity index (χ1v) is 6.51. The van der Waals surface area contributed by atoms with Crippen LogP contribution in [-0.4, -0.2) is 18.4 Å². The predicted octanol–water partition coefficient (Wildman–Crippen LogP) is 3.16. The highest BCUT2D eigenvalue weighted by molar-refractivity contribution is 5.78. The standard InChI is InChI=1S/C13H25NO.H2/c1-3-9-14-12-7-5-11(6-8-12)10-13(15)4-2;/h11-12,14H,3-10H2,1-2H3;1H. The maximum absolute atomic E-state index is 11.3. The molecular formula is C13H27NO. The molecular weight excluding hydrogens is 186 g/mol. The van der Waals surface area contributed by atoms with Gasteiger partial charge in [0, 0.05) is 20.3 Å². The largest absolute Gasteiger partial charge is 0.314 e. The Bertz CT molecular complexity index is 188. The number of hydrogen-bond donors (Lipinski definition) is 1. The van der Waals surface area contributed by atoms with Crippen LogP contribution in [0.5, 0.6) is 0 Å². The van der Waals surface area contributed by atoms with E-state index >= 15 is 0 Å². The van der Waals surface area contributed by atoms with Gasteiger partial charge in [0.2, 0.25) is 0 Å². The Morgan fingerprint density at radius 2 is 1.93 bits per heavy atom. The van der Waals surface area contributed by atoms with Crippen molar-refractivity contribution < 1.29 is 6.22 Å². The van der Waals surface area contributed by atoms with Crippen LogP contribution in [0, 0.1) is 5.92 Å². The molecule has 1 N–H and O–H groups in total. The average molecular weight is 213 g/mol. The summed E-state index contributed by atoms with van der Waals surface area (Å²) < 4.78 is 0. The molecule has 1 saturated carbocycles. The van der Waals surface area contributed by atoms with Gasteiger partial charge in [-0.05, 0) is 44.6 Å². The van der Waals surface area contributed by atoms with Gasteiger partial charge in [-0.1, -0.05) is 13.8 Å². The molecule has 0 aromatic rings. The van der Waals surface area contributed by atoms with Gasteiger partial charge < -0.3 is 5.32 Å². The minimum atomic E-state index is 0. The van der Waals surface area contributed by atoms with Crippen LogP contribution in [0.3, 0.4) is 0 Å². The maximum Gasteiger partial charge on any atom is 0.132 e. The van der Waals surface area contributed by atoms with Crippen molar-refractivity contribution in [3.05, 3.63) is 0 Å². The molecule has 0 amide bonds. The Hall–Kier alpha value is -0.370. The first kappa shape index (κ1) is 12.7. The van der Waals surface area contributed by atoms with Gasteiger partial charge in [-0.2, -0.15) is 0 Å². The summed E-state index contributed by atoms with van der Waals surface area (Å²) in [7, 11) is 0. The van der Waals surface area contributed by atoms with Gasteiger partial charge in [0.05, 0.1) is 0 Å². The molecule has 2 heteroatoms. The number of nitrogens with one attached hydrogen (secondary N) is 1. The van der Waals surface area contributed by atoms with Crippen molar-refractivity contribution in [2.45, 2.75) is 64.8 Å². The molecule has 1 aliphatic carbocycles. The van der Waals surface area contributed by atoms with Gasteiger partial charge in [-0.25, -0.2) is 0 Å². The van der Waals surface area contributed by atoms with Crippen molar-refractivity contribution in [1.82, 2.24) is 5.32 Å². The molecule has 90 valence electrons. The Morgan fingerprint density at radius 1 is 1.27 bits per heavy atom. The van der Waals surface area contributed by atoms with Crippen LogP contribution in [0.25, 0.3) is 0 Å². The van der Waals surface area contributed by atoms with Crippen LogP contribution >= 0.6 is 0 Å². The SMILES string of the molecule is CCCNC1CCC(CC(=O)CC)CC1.[HH]. The van der Waals surface area contributed by atoms with E-state index in [0.29, 0.717) is 18.1 Å². The molecule has 0 unspecified atom stereocenters. The predicted molar refractivity (Wildman–Crippen MR) is 66.1 cm³/mol. The first-order valence-electron chi connectivity index (χ1n) is 6.51. The fourth-order valence-electron chi connectivity index (χ4n) is 2.39. The highest BCUT2D eigenvalue weighted by Crippen LogP contribution is 2.27. The van der Waals surface area contributed by atoms with Crippen molar-refractivity contribution in [3.63, 3.8) is 0 Å². The zero-order chi connectivity index (χ0) is 11.1. The van der Waals surface area contributed by atoms with Crippen LogP contribution in [0.1, 0.15) is 60.2 Å². The molecule has 0 aromatic carbocycles. The molecule has 0 radical (unpaired) electrons. The number of carbonyl (C=O) groups is 1. The zero-order valence-electron chi connectivity index (χ0n) is 10.2. The van der Waals surface area contributed by atoms with Crippen LogP contribution in [0.4, 0.5) is 0 Å². The van der Waals surface area contributed by atoms with E-state index in [1.54, 1.807) is 0 Å². The van der Waals surface area contributed by atoms with Crippen molar-refractivity contribution in [2.24, 2.45) is 5.92 Å². The second kappa shape index (κ2) is 7.00. The van der Waals surface area contributed by atoms with Crippen LogP contribution in [0.15, 0.2) is 0 Å². The first-order chi connectivity index (χ1) is 7.26. The molecule has 2 nitrogen and oxygen atoms in total. The van der Waals surface area contributed by atoms with E-state index in [-0.39, 0.29) is 1.43 Å². The summed E-state index contributed by atoms with van der Waals surface area (Å²) in [5.74, 6) is 1.12. The van der Waals surface area contributed by atoms with Crippen LogP contribution < -0.4 is 5.32 Å². The quantitative estimate of drug-likeness (QED) is 0.734. The summed E-state index contributed by atoms with van der Waals surface area (Å²) >= 11 is 0. The number of Topliss-reactive ketones (excluding diaryl/α,β-unsaturated/α-hetero) is 1. The number of ketones is 1. The molecule has 0 spiro atoms. The zero-order valence-corrected chi connectivity index (χ0v) is 10.2. The lowest BCUT2D eigenvalue weighted by Gasteiger charge is -2.28. The van der Waals surface area contributed by atoms with Gasteiger partial charge in [0.15, 0.2) is 0 Å². The number of carbonyl (C=O) groups excluding carboxylic acids is 1. The summed E-state index contributed by atoms with van der Waals surface area (Å²) in [6.45, 7) is 5.32. The van der Waals surface area contributed by atoms with E-state index in [1.165, 1.54) is 32.1 Å². The Kier molecular flexibility index (Phi) is 5.92. The fraction of sp³-hybridized carbons (Fsp3) is 0.923. The third kappa shape index (κ3) is 4.78. The molecule has 0 atom stereocenters. The smallest absolute Gasteiger partial charge is 0.132 e. The van der Waals surface area contributed by atoms with Gasteiger partial charge in [-0.15, -0.1) is 0 Å². The normalized spacial score (nSPS) is 26.5. The molecule has 0 aromatic heterocycles. The number of rotatable bonds is 6. The highest BCUT2D eigenvalue weighted by Gasteiger charge is 2.21. The Labute approximate surface area is 95.3 Å². The van der Waals surface area contributed by atoms with Crippen molar-refractivity contribution >= 4 is 5.78 Å². The number of hydrogen-bond acceptors (Lipinski definition) is 2. The summed E-state index contributed by atoms with van der Waals surface area (Å²) in [5, 5.41) is 3.57. The molecule has 1 fully saturated rings. The molecule has 0 saturated heterocycles. The Morgan fingerprint density at radius 3 is 2.47 bits per heavy atom. The molecule has 1 aliphatic rings. The summed E-state index contributed by atoms with van der Waals surface area (Å²) in [5.41, 5.74) is 0. The minimum absolute atomic E-state index is 0. The minimum Gasteiger partial charge on any atom is -0.314 e. The van der Waals surface area contributed by atoms with E-state index in [4.69, 9.17) is 0 Å². The molecule has 15 heavy (non-hydrogen) atoms. The van der Waals surface area contributed by atoms with Gasteiger partial charge in [0.25, 0.3) is 0 Å². The summed E-state index contributed by atoms with van der Waals surface area (Å²) in [6.07, 6.45) is 7.78. The highest BCUT2D eigenvalue weighted by atomic mass is 16.1. The third-order valence-corrected chi connectivity index (χ3v) is 3.44. The van der Waals surface area contributed by atoms with Crippen molar-refractivity contribution in [3.8, 4) is 0 Å². The molecule has 1 rings (SSSR count). The molecule has 0 bridgehead atoms. The lowest BCUT2D eigenvalue weighted by atomic mass is 9.83.